The number of amides is 1. The lowest BCUT2D eigenvalue weighted by atomic mass is 9.95. The van der Waals surface area contributed by atoms with Crippen LogP contribution in [-0.4, -0.2) is 27.5 Å². The smallest absolute Gasteiger partial charge is 0.261 e. The highest BCUT2D eigenvalue weighted by Crippen LogP contribution is 2.25. The molecule has 0 bridgehead atoms. The third kappa shape index (κ3) is 4.11. The Balaban J connectivity index is 2.25. The molecule has 0 unspecified atom stereocenters. The van der Waals surface area contributed by atoms with Crippen molar-refractivity contribution in [3.8, 4) is 5.75 Å². The zero-order valence-electron chi connectivity index (χ0n) is 11.8. The molecule has 0 radical (unpaired) electrons. The Bertz CT molecular complexity index is 624. The summed E-state index contributed by atoms with van der Waals surface area (Å²) in [6, 6.07) is 4.13. The molecule has 5 nitrogen and oxygen atoms in total. The van der Waals surface area contributed by atoms with Crippen molar-refractivity contribution >= 4 is 25.6 Å². The second-order valence-electron chi connectivity index (χ2n) is 5.11. The average Bonchev–Trinajstić information content (AvgIpc) is 2.46. The van der Waals surface area contributed by atoms with Gasteiger partial charge in [0.2, 0.25) is 0 Å². The van der Waals surface area contributed by atoms with Crippen LogP contribution < -0.4 is 10.1 Å². The zero-order valence-corrected chi connectivity index (χ0v) is 13.3. The maximum Gasteiger partial charge on any atom is 0.261 e. The van der Waals surface area contributed by atoms with Gasteiger partial charge in [0.25, 0.3) is 15.0 Å². The van der Waals surface area contributed by atoms with E-state index in [0.29, 0.717) is 5.75 Å². The van der Waals surface area contributed by atoms with E-state index in [1.54, 1.807) is 0 Å². The van der Waals surface area contributed by atoms with Crippen LogP contribution in [0.3, 0.4) is 0 Å². The van der Waals surface area contributed by atoms with Gasteiger partial charge in [-0.3, -0.25) is 4.79 Å². The van der Waals surface area contributed by atoms with Crippen LogP contribution in [-0.2, 0) is 9.05 Å². The fourth-order valence-corrected chi connectivity index (χ4v) is 3.30. The lowest BCUT2D eigenvalue weighted by Gasteiger charge is -2.23. The number of carbonyl (C=O) groups is 1. The summed E-state index contributed by atoms with van der Waals surface area (Å²) in [5, 5.41) is 2.93. The largest absolute Gasteiger partial charge is 0.496 e. The number of hydrogen-bond acceptors (Lipinski definition) is 4. The van der Waals surface area contributed by atoms with Crippen LogP contribution in [0.1, 0.15) is 42.5 Å². The summed E-state index contributed by atoms with van der Waals surface area (Å²) in [7, 11) is 2.87. The van der Waals surface area contributed by atoms with E-state index >= 15 is 0 Å². The fraction of sp³-hybridized carbons (Fsp3) is 0.500. The average molecular weight is 332 g/mol. The topological polar surface area (TPSA) is 72.5 Å². The predicted molar refractivity (Wildman–Crippen MR) is 80.4 cm³/mol. The molecule has 0 heterocycles. The SMILES string of the molecule is COc1ccc(S(=O)(=O)Cl)cc1C(=O)NC1CCCCC1. The normalized spacial score (nSPS) is 16.5. The Morgan fingerprint density at radius 1 is 1.29 bits per heavy atom. The van der Waals surface area contributed by atoms with Crippen molar-refractivity contribution in [1.82, 2.24) is 5.32 Å². The van der Waals surface area contributed by atoms with Crippen LogP contribution in [0.5, 0.6) is 5.75 Å². The predicted octanol–water partition coefficient (Wildman–Crippen LogP) is 2.69. The number of hydrogen-bond donors (Lipinski definition) is 1. The molecule has 1 aliphatic carbocycles. The summed E-state index contributed by atoms with van der Waals surface area (Å²) in [6.45, 7) is 0. The number of rotatable bonds is 4. The van der Waals surface area contributed by atoms with E-state index in [-0.39, 0.29) is 22.4 Å². The molecule has 1 N–H and O–H groups in total. The van der Waals surface area contributed by atoms with Gasteiger partial charge in [-0.1, -0.05) is 19.3 Å². The molecule has 116 valence electrons. The maximum absolute atomic E-state index is 12.3. The molecule has 2 rings (SSSR count). The fourth-order valence-electron chi connectivity index (χ4n) is 2.53. The molecule has 1 amide bonds. The summed E-state index contributed by atoms with van der Waals surface area (Å²) in [5.41, 5.74) is 0.185. The summed E-state index contributed by atoms with van der Waals surface area (Å²) < 4.78 is 27.9. The standard InChI is InChI=1S/C14H18ClNO4S/c1-20-13-8-7-11(21(15,18)19)9-12(13)14(17)16-10-5-3-2-4-6-10/h7-10H,2-6H2,1H3,(H,16,17). The van der Waals surface area contributed by atoms with Crippen molar-refractivity contribution in [3.63, 3.8) is 0 Å². The third-order valence-corrected chi connectivity index (χ3v) is 4.99. The highest BCUT2D eigenvalue weighted by Gasteiger charge is 2.21. The van der Waals surface area contributed by atoms with Gasteiger partial charge in [-0.2, -0.15) is 0 Å². The van der Waals surface area contributed by atoms with Gasteiger partial charge in [0, 0.05) is 16.7 Å². The molecule has 21 heavy (non-hydrogen) atoms. The second kappa shape index (κ2) is 6.66. The summed E-state index contributed by atoms with van der Waals surface area (Å²) >= 11 is 0. The van der Waals surface area contributed by atoms with Gasteiger partial charge < -0.3 is 10.1 Å². The lowest BCUT2D eigenvalue weighted by molar-refractivity contribution is 0.0924. The van der Waals surface area contributed by atoms with Gasteiger partial charge in [0.15, 0.2) is 0 Å². The molecule has 1 aromatic rings. The Morgan fingerprint density at radius 2 is 1.95 bits per heavy atom. The lowest BCUT2D eigenvalue weighted by Crippen LogP contribution is -2.36. The molecule has 1 saturated carbocycles. The second-order valence-corrected chi connectivity index (χ2v) is 7.67. The van der Waals surface area contributed by atoms with Gasteiger partial charge in [-0.05, 0) is 31.0 Å². The number of ether oxygens (including phenoxy) is 1. The summed E-state index contributed by atoms with van der Waals surface area (Å²) in [5.74, 6) is -0.00621. The number of halogens is 1. The van der Waals surface area contributed by atoms with Crippen molar-refractivity contribution in [1.29, 1.82) is 0 Å². The molecule has 0 aromatic heterocycles. The number of carbonyl (C=O) groups excluding carboxylic acids is 1. The molecule has 0 atom stereocenters. The molecule has 0 saturated heterocycles. The van der Waals surface area contributed by atoms with Crippen molar-refractivity contribution < 1.29 is 17.9 Å². The molecule has 1 aliphatic rings. The van der Waals surface area contributed by atoms with Gasteiger partial charge in [-0.15, -0.1) is 0 Å². The van der Waals surface area contributed by atoms with Gasteiger partial charge in [0.05, 0.1) is 17.6 Å². The first-order chi connectivity index (χ1) is 9.91. The first-order valence-corrected chi connectivity index (χ1v) is 9.16. The van der Waals surface area contributed by atoms with Crippen LogP contribution in [0.4, 0.5) is 0 Å². The monoisotopic (exact) mass is 331 g/mol. The van der Waals surface area contributed by atoms with Gasteiger partial charge in [-0.25, -0.2) is 8.42 Å². The summed E-state index contributed by atoms with van der Waals surface area (Å²) in [6.07, 6.45) is 5.27. The number of benzene rings is 1. The maximum atomic E-state index is 12.3. The first kappa shape index (κ1) is 16.1. The molecule has 7 heteroatoms. The van der Waals surface area contributed by atoms with E-state index in [1.165, 1.54) is 31.7 Å². The van der Waals surface area contributed by atoms with Crippen molar-refractivity contribution in [2.24, 2.45) is 0 Å². The van der Waals surface area contributed by atoms with Crippen LogP contribution in [0.15, 0.2) is 23.1 Å². The molecule has 0 spiro atoms. The van der Waals surface area contributed by atoms with Crippen LogP contribution in [0.25, 0.3) is 0 Å². The quantitative estimate of drug-likeness (QED) is 0.861. The minimum Gasteiger partial charge on any atom is -0.496 e. The van der Waals surface area contributed by atoms with Crippen LogP contribution in [0, 0.1) is 0 Å². The highest BCUT2D eigenvalue weighted by atomic mass is 35.7. The Hall–Kier alpha value is -1.27. The van der Waals surface area contributed by atoms with E-state index in [0.717, 1.165) is 25.7 Å². The number of methoxy groups -OCH3 is 1. The van der Waals surface area contributed by atoms with Gasteiger partial charge in [0.1, 0.15) is 5.75 Å². The highest BCUT2D eigenvalue weighted by molar-refractivity contribution is 8.13. The first-order valence-electron chi connectivity index (χ1n) is 6.85. The third-order valence-electron chi connectivity index (χ3n) is 3.64. The van der Waals surface area contributed by atoms with Crippen LogP contribution in [0.2, 0.25) is 0 Å². The Morgan fingerprint density at radius 3 is 2.52 bits per heavy atom. The van der Waals surface area contributed by atoms with Crippen molar-refractivity contribution in [2.45, 2.75) is 43.0 Å². The summed E-state index contributed by atoms with van der Waals surface area (Å²) in [4.78, 5) is 12.2. The molecule has 1 fully saturated rings. The van der Waals surface area contributed by atoms with Crippen molar-refractivity contribution in [2.75, 3.05) is 7.11 Å². The molecule has 1 aromatic carbocycles. The molecular formula is C14H18ClNO4S. The number of nitrogens with one attached hydrogen (secondary N) is 1. The van der Waals surface area contributed by atoms with Crippen LogP contribution >= 0.6 is 10.7 Å². The van der Waals surface area contributed by atoms with Gasteiger partial charge >= 0.3 is 0 Å². The Kier molecular flexibility index (Phi) is 5.11. The van der Waals surface area contributed by atoms with E-state index in [2.05, 4.69) is 5.32 Å². The molecule has 0 aliphatic heterocycles. The van der Waals surface area contributed by atoms with E-state index in [9.17, 15) is 13.2 Å². The minimum atomic E-state index is -3.88. The molecular weight excluding hydrogens is 314 g/mol. The van der Waals surface area contributed by atoms with E-state index in [4.69, 9.17) is 15.4 Å². The zero-order chi connectivity index (χ0) is 15.5. The minimum absolute atomic E-state index is 0.112. The Labute approximate surface area is 129 Å². The van der Waals surface area contributed by atoms with E-state index < -0.39 is 9.05 Å². The van der Waals surface area contributed by atoms with Crippen molar-refractivity contribution in [3.05, 3.63) is 23.8 Å². The van der Waals surface area contributed by atoms with E-state index in [1.807, 2.05) is 0 Å².